The van der Waals surface area contributed by atoms with Crippen LogP contribution in [0.2, 0.25) is 0 Å². The highest BCUT2D eigenvalue weighted by molar-refractivity contribution is 5.70. The summed E-state index contributed by atoms with van der Waals surface area (Å²) in [6, 6.07) is 2.25. The van der Waals surface area contributed by atoms with Crippen LogP contribution >= 0.6 is 0 Å². The molecule has 0 aliphatic rings. The molecule has 0 saturated heterocycles. The van der Waals surface area contributed by atoms with Crippen LogP contribution in [0, 0.1) is 27.7 Å². The smallest absolute Gasteiger partial charge is 0.106 e. The Morgan fingerprint density at radius 2 is 1.74 bits per heavy atom. The lowest BCUT2D eigenvalue weighted by Crippen LogP contribution is -2.01. The highest BCUT2D eigenvalue weighted by atomic mass is 14.9. The number of nitrogens with one attached hydrogen (secondary N) is 1. The molecule has 0 fully saturated rings. The summed E-state index contributed by atoms with van der Waals surface area (Å²) >= 11 is 0. The molecule has 0 aliphatic heterocycles. The van der Waals surface area contributed by atoms with Gasteiger partial charge in [0.2, 0.25) is 0 Å². The third-order valence-electron chi connectivity index (χ3n) is 3.88. The highest BCUT2D eigenvalue weighted by Gasteiger charge is 2.12. The molecule has 3 nitrogen and oxygen atoms in total. The minimum Gasteiger partial charge on any atom is -0.342 e. The van der Waals surface area contributed by atoms with E-state index in [0.29, 0.717) is 6.54 Å². The van der Waals surface area contributed by atoms with Crippen LogP contribution in [0.1, 0.15) is 34.5 Å². The minimum atomic E-state index is 0.706. The molecule has 2 aromatic rings. The summed E-state index contributed by atoms with van der Waals surface area (Å²) in [6.45, 7) is 9.39. The summed E-state index contributed by atoms with van der Waals surface area (Å²) in [5.41, 5.74) is 13.3. The Labute approximate surface area is 115 Å². The van der Waals surface area contributed by atoms with Gasteiger partial charge in [0.25, 0.3) is 0 Å². The molecule has 19 heavy (non-hydrogen) atoms. The van der Waals surface area contributed by atoms with E-state index in [2.05, 4.69) is 43.7 Å². The molecule has 1 aromatic carbocycles. The van der Waals surface area contributed by atoms with E-state index in [1.54, 1.807) is 0 Å². The Bertz CT molecular complexity index is 556. The standard InChI is InChI=1S/C16H23N3/c1-10-8-11(2)13(4)16(12(10)3)14-9-18-15(19-14)6-5-7-17/h8-9H,5-7,17H2,1-4H3,(H,18,19). The van der Waals surface area contributed by atoms with Crippen LogP contribution in [0.5, 0.6) is 0 Å². The fraction of sp³-hybridized carbons (Fsp3) is 0.438. The summed E-state index contributed by atoms with van der Waals surface area (Å²) < 4.78 is 0. The number of rotatable bonds is 4. The summed E-state index contributed by atoms with van der Waals surface area (Å²) in [6.07, 6.45) is 3.83. The number of aryl methyl sites for hydroxylation is 3. The molecule has 3 heteroatoms. The average molecular weight is 257 g/mol. The number of hydrogen-bond acceptors (Lipinski definition) is 2. The largest absolute Gasteiger partial charge is 0.342 e. The van der Waals surface area contributed by atoms with Crippen molar-refractivity contribution in [1.82, 2.24) is 9.97 Å². The fourth-order valence-corrected chi connectivity index (χ4v) is 2.51. The van der Waals surface area contributed by atoms with Crippen molar-refractivity contribution in [2.24, 2.45) is 5.73 Å². The van der Waals surface area contributed by atoms with E-state index in [1.165, 1.54) is 27.8 Å². The Morgan fingerprint density at radius 3 is 2.32 bits per heavy atom. The van der Waals surface area contributed by atoms with Crippen LogP contribution < -0.4 is 5.73 Å². The molecule has 1 aromatic heterocycles. The van der Waals surface area contributed by atoms with Crippen LogP contribution in [-0.4, -0.2) is 16.5 Å². The zero-order valence-electron chi connectivity index (χ0n) is 12.3. The topological polar surface area (TPSA) is 54.7 Å². The Hall–Kier alpha value is -1.61. The normalized spacial score (nSPS) is 11.0. The van der Waals surface area contributed by atoms with Gasteiger partial charge in [0, 0.05) is 12.0 Å². The van der Waals surface area contributed by atoms with Crippen LogP contribution in [0.3, 0.4) is 0 Å². The van der Waals surface area contributed by atoms with Gasteiger partial charge in [-0.25, -0.2) is 4.98 Å². The molecule has 0 atom stereocenters. The van der Waals surface area contributed by atoms with Gasteiger partial charge in [0.1, 0.15) is 5.82 Å². The van der Waals surface area contributed by atoms with E-state index in [-0.39, 0.29) is 0 Å². The van der Waals surface area contributed by atoms with E-state index < -0.39 is 0 Å². The third-order valence-corrected chi connectivity index (χ3v) is 3.88. The molecule has 0 aliphatic carbocycles. The van der Waals surface area contributed by atoms with Crippen LogP contribution in [-0.2, 0) is 6.42 Å². The van der Waals surface area contributed by atoms with Crippen LogP contribution in [0.15, 0.2) is 12.3 Å². The van der Waals surface area contributed by atoms with Gasteiger partial charge in [-0.15, -0.1) is 0 Å². The zero-order chi connectivity index (χ0) is 14.0. The maximum absolute atomic E-state index is 5.54. The van der Waals surface area contributed by atoms with Crippen molar-refractivity contribution in [1.29, 1.82) is 0 Å². The van der Waals surface area contributed by atoms with Crippen molar-refractivity contribution < 1.29 is 0 Å². The first-order chi connectivity index (χ1) is 9.04. The van der Waals surface area contributed by atoms with Gasteiger partial charge in [-0.1, -0.05) is 6.07 Å². The first-order valence-corrected chi connectivity index (χ1v) is 6.86. The van der Waals surface area contributed by atoms with Crippen molar-refractivity contribution >= 4 is 0 Å². The molecular formula is C16H23N3. The van der Waals surface area contributed by atoms with Gasteiger partial charge in [-0.05, 0) is 62.9 Å². The molecule has 0 amide bonds. The summed E-state index contributed by atoms with van der Waals surface area (Å²) in [5.74, 6) is 1.03. The molecule has 0 radical (unpaired) electrons. The molecule has 0 spiro atoms. The van der Waals surface area contributed by atoms with E-state index in [1.807, 2.05) is 6.20 Å². The Morgan fingerprint density at radius 1 is 1.11 bits per heavy atom. The van der Waals surface area contributed by atoms with E-state index in [0.717, 1.165) is 24.4 Å². The van der Waals surface area contributed by atoms with Crippen LogP contribution in [0.4, 0.5) is 0 Å². The van der Waals surface area contributed by atoms with Gasteiger partial charge in [-0.2, -0.15) is 0 Å². The van der Waals surface area contributed by atoms with Crippen LogP contribution in [0.25, 0.3) is 11.3 Å². The fourth-order valence-electron chi connectivity index (χ4n) is 2.51. The molecular weight excluding hydrogens is 234 g/mol. The number of benzene rings is 1. The second kappa shape index (κ2) is 5.57. The maximum Gasteiger partial charge on any atom is 0.106 e. The number of hydrogen-bond donors (Lipinski definition) is 2. The zero-order valence-corrected chi connectivity index (χ0v) is 12.3. The van der Waals surface area contributed by atoms with Gasteiger partial charge in [0.05, 0.1) is 11.9 Å². The predicted octanol–water partition coefficient (Wildman–Crippen LogP) is 3.20. The van der Waals surface area contributed by atoms with E-state index in [9.17, 15) is 0 Å². The molecule has 3 N–H and O–H groups in total. The number of nitrogens with two attached hydrogens (primary N) is 1. The second-order valence-corrected chi connectivity index (χ2v) is 5.27. The van der Waals surface area contributed by atoms with Gasteiger partial charge in [0.15, 0.2) is 0 Å². The van der Waals surface area contributed by atoms with Crippen molar-refractivity contribution in [3.8, 4) is 11.3 Å². The number of nitrogens with zero attached hydrogens (tertiary/aromatic N) is 1. The summed E-state index contributed by atoms with van der Waals surface area (Å²) in [7, 11) is 0. The number of H-pyrrole nitrogens is 1. The van der Waals surface area contributed by atoms with E-state index in [4.69, 9.17) is 5.73 Å². The highest BCUT2D eigenvalue weighted by Crippen LogP contribution is 2.30. The maximum atomic E-state index is 5.54. The number of aromatic amines is 1. The molecule has 0 unspecified atom stereocenters. The summed E-state index contributed by atoms with van der Waals surface area (Å²) in [5, 5.41) is 0. The second-order valence-electron chi connectivity index (χ2n) is 5.27. The van der Waals surface area contributed by atoms with Crippen molar-refractivity contribution in [3.63, 3.8) is 0 Å². The van der Waals surface area contributed by atoms with E-state index >= 15 is 0 Å². The molecule has 2 rings (SSSR count). The molecule has 0 saturated carbocycles. The van der Waals surface area contributed by atoms with Crippen molar-refractivity contribution in [2.75, 3.05) is 6.54 Å². The van der Waals surface area contributed by atoms with Crippen molar-refractivity contribution in [2.45, 2.75) is 40.5 Å². The number of aromatic nitrogens is 2. The Kier molecular flexibility index (Phi) is 4.05. The number of imidazole rings is 1. The van der Waals surface area contributed by atoms with Gasteiger partial charge < -0.3 is 10.7 Å². The lowest BCUT2D eigenvalue weighted by molar-refractivity contribution is 0.794. The summed E-state index contributed by atoms with van der Waals surface area (Å²) in [4.78, 5) is 7.89. The monoisotopic (exact) mass is 257 g/mol. The molecule has 0 bridgehead atoms. The minimum absolute atomic E-state index is 0.706. The SMILES string of the molecule is Cc1cc(C)c(C)c(-c2cnc(CCCN)[nH]2)c1C. The molecule has 1 heterocycles. The van der Waals surface area contributed by atoms with Gasteiger partial charge >= 0.3 is 0 Å². The lowest BCUT2D eigenvalue weighted by atomic mass is 9.93. The molecule has 102 valence electrons. The Balaban J connectivity index is 2.44. The lowest BCUT2D eigenvalue weighted by Gasteiger charge is -2.13. The average Bonchev–Trinajstić information content (AvgIpc) is 2.83. The first kappa shape index (κ1) is 13.8. The third kappa shape index (κ3) is 2.71. The van der Waals surface area contributed by atoms with Gasteiger partial charge in [-0.3, -0.25) is 0 Å². The predicted molar refractivity (Wildman–Crippen MR) is 80.3 cm³/mol. The van der Waals surface area contributed by atoms with Crippen molar-refractivity contribution in [3.05, 3.63) is 40.3 Å². The quantitative estimate of drug-likeness (QED) is 0.883. The first-order valence-electron chi connectivity index (χ1n) is 6.86.